The van der Waals surface area contributed by atoms with Crippen molar-refractivity contribution in [1.82, 2.24) is 4.72 Å². The van der Waals surface area contributed by atoms with Crippen molar-refractivity contribution in [1.29, 1.82) is 0 Å². The van der Waals surface area contributed by atoms with E-state index in [1.807, 2.05) is 25.1 Å². The Morgan fingerprint density at radius 3 is 2.59 bits per heavy atom. The maximum absolute atomic E-state index is 13.1. The fraction of sp³-hybridized carbons (Fsp3) is 0.316. The van der Waals surface area contributed by atoms with Crippen molar-refractivity contribution >= 4 is 49.1 Å². The van der Waals surface area contributed by atoms with Gasteiger partial charge in [0.15, 0.2) is 0 Å². The minimum Gasteiger partial charge on any atom is -0.309 e. The highest BCUT2D eigenvalue weighted by molar-refractivity contribution is 9.10. The maximum atomic E-state index is 13.1. The fourth-order valence-electron chi connectivity index (χ4n) is 3.43. The number of carbonyl (C=O) groups excluding carboxylic acids is 1. The molecule has 0 radical (unpaired) electrons. The van der Waals surface area contributed by atoms with E-state index in [9.17, 15) is 13.2 Å². The molecule has 0 aliphatic carbocycles. The van der Waals surface area contributed by atoms with E-state index >= 15 is 0 Å². The van der Waals surface area contributed by atoms with Crippen LogP contribution < -0.4 is 9.62 Å². The van der Waals surface area contributed by atoms with Crippen molar-refractivity contribution in [2.75, 3.05) is 11.2 Å². The summed E-state index contributed by atoms with van der Waals surface area (Å²) in [6.45, 7) is 1.99. The number of nitrogens with one attached hydrogen (secondary N) is 1. The number of anilines is 1. The average molecular weight is 472 g/mol. The van der Waals surface area contributed by atoms with Crippen LogP contribution in [0.5, 0.6) is 0 Å². The smallest absolute Gasteiger partial charge is 0.229 e. The molecule has 2 aromatic rings. The van der Waals surface area contributed by atoms with E-state index in [0.717, 1.165) is 28.4 Å². The van der Waals surface area contributed by atoms with Crippen molar-refractivity contribution in [3.05, 3.63) is 63.1 Å². The molecule has 0 spiro atoms. The van der Waals surface area contributed by atoms with Gasteiger partial charge in [-0.25, -0.2) is 13.1 Å². The van der Waals surface area contributed by atoms with Crippen LogP contribution in [-0.4, -0.2) is 26.6 Å². The van der Waals surface area contributed by atoms with Crippen LogP contribution in [0.1, 0.15) is 30.5 Å². The van der Waals surface area contributed by atoms with E-state index in [2.05, 4.69) is 20.7 Å². The predicted molar refractivity (Wildman–Crippen MR) is 112 cm³/mol. The van der Waals surface area contributed by atoms with E-state index in [-0.39, 0.29) is 18.4 Å². The molecular weight excluding hydrogens is 452 g/mol. The summed E-state index contributed by atoms with van der Waals surface area (Å²) in [5.74, 6) is -0.125. The van der Waals surface area contributed by atoms with Crippen LogP contribution in [0.3, 0.4) is 0 Å². The molecule has 2 atom stereocenters. The lowest BCUT2D eigenvalue weighted by atomic mass is 10.0. The van der Waals surface area contributed by atoms with E-state index in [1.54, 1.807) is 29.2 Å². The number of fused-ring (bicyclic) bond motifs is 1. The summed E-state index contributed by atoms with van der Waals surface area (Å²) in [5, 5.41) is 0.552. The molecule has 1 N–H and O–H groups in total. The molecule has 144 valence electrons. The first-order valence-electron chi connectivity index (χ1n) is 8.47. The summed E-state index contributed by atoms with van der Waals surface area (Å²) < 4.78 is 27.2. The van der Waals surface area contributed by atoms with Crippen LogP contribution in [0.25, 0.3) is 0 Å². The summed E-state index contributed by atoms with van der Waals surface area (Å²) in [6, 6.07) is 12.0. The molecule has 0 unspecified atom stereocenters. The van der Waals surface area contributed by atoms with Gasteiger partial charge in [0.2, 0.25) is 15.9 Å². The van der Waals surface area contributed by atoms with Crippen LogP contribution in [0.2, 0.25) is 5.02 Å². The van der Waals surface area contributed by atoms with Crippen molar-refractivity contribution < 1.29 is 13.2 Å². The topological polar surface area (TPSA) is 66.5 Å². The third-order valence-corrected chi connectivity index (χ3v) is 5.99. The first-order valence-corrected chi connectivity index (χ1v) is 11.5. The molecule has 0 bridgehead atoms. The van der Waals surface area contributed by atoms with Gasteiger partial charge < -0.3 is 4.90 Å². The molecule has 3 rings (SSSR count). The molecule has 27 heavy (non-hydrogen) atoms. The Hall–Kier alpha value is -1.41. The molecule has 8 heteroatoms. The SMILES string of the molecule is C[C@@H]1Cc2cc(Br)ccc2N1C(=O)C[C@@H](NS(C)(=O)=O)c1ccc(Cl)cc1. The van der Waals surface area contributed by atoms with E-state index < -0.39 is 16.1 Å². The number of halogens is 2. The number of rotatable bonds is 5. The Kier molecular flexibility index (Phi) is 5.96. The normalized spacial score (nSPS) is 17.6. The van der Waals surface area contributed by atoms with E-state index in [0.29, 0.717) is 10.6 Å². The standard InChI is InChI=1S/C19H20BrClN2O3S/c1-12-9-14-10-15(20)5-8-18(14)23(12)19(24)11-17(22-27(2,25)26)13-3-6-16(21)7-4-13/h3-8,10,12,17,22H,9,11H2,1-2H3/t12-,17-/m1/s1. The van der Waals surface area contributed by atoms with E-state index in [1.165, 1.54) is 0 Å². The second kappa shape index (κ2) is 7.91. The zero-order valence-corrected chi connectivity index (χ0v) is 18.1. The Morgan fingerprint density at radius 2 is 1.96 bits per heavy atom. The second-order valence-electron chi connectivity index (χ2n) is 6.79. The van der Waals surface area contributed by atoms with Crippen LogP contribution in [0.4, 0.5) is 5.69 Å². The fourth-order valence-corrected chi connectivity index (χ4v) is 4.70. The number of sulfonamides is 1. The van der Waals surface area contributed by atoms with Gasteiger partial charge in [0, 0.05) is 27.6 Å². The molecule has 5 nitrogen and oxygen atoms in total. The summed E-state index contributed by atoms with van der Waals surface area (Å²) in [6.07, 6.45) is 1.88. The van der Waals surface area contributed by atoms with Gasteiger partial charge in [-0.2, -0.15) is 0 Å². The predicted octanol–water partition coefficient (Wildman–Crippen LogP) is 4.06. The Bertz CT molecular complexity index is 963. The van der Waals surface area contributed by atoms with Gasteiger partial charge in [0.1, 0.15) is 0 Å². The maximum Gasteiger partial charge on any atom is 0.229 e. The van der Waals surface area contributed by atoms with Gasteiger partial charge in [-0.05, 0) is 54.8 Å². The van der Waals surface area contributed by atoms with Gasteiger partial charge >= 0.3 is 0 Å². The van der Waals surface area contributed by atoms with Crippen molar-refractivity contribution in [2.24, 2.45) is 0 Å². The van der Waals surface area contributed by atoms with Crippen molar-refractivity contribution in [3.63, 3.8) is 0 Å². The highest BCUT2D eigenvalue weighted by Gasteiger charge is 2.32. The molecular formula is C19H20BrClN2O3S. The van der Waals surface area contributed by atoms with Crippen molar-refractivity contribution in [2.45, 2.75) is 31.8 Å². The second-order valence-corrected chi connectivity index (χ2v) is 9.92. The molecule has 2 aromatic carbocycles. The molecule has 1 aliphatic rings. The van der Waals surface area contributed by atoms with Crippen LogP contribution in [0, 0.1) is 0 Å². The lowest BCUT2D eigenvalue weighted by molar-refractivity contribution is -0.119. The summed E-state index contributed by atoms with van der Waals surface area (Å²) >= 11 is 9.39. The number of carbonyl (C=O) groups is 1. The van der Waals surface area contributed by atoms with Crippen LogP contribution in [0.15, 0.2) is 46.9 Å². The quantitative estimate of drug-likeness (QED) is 0.715. The highest BCUT2D eigenvalue weighted by atomic mass is 79.9. The number of benzene rings is 2. The molecule has 0 fully saturated rings. The Labute approximate surface area is 172 Å². The summed E-state index contributed by atoms with van der Waals surface area (Å²) in [7, 11) is -3.49. The highest BCUT2D eigenvalue weighted by Crippen LogP contribution is 2.35. The molecule has 0 saturated carbocycles. The minimum atomic E-state index is -3.49. The molecule has 1 heterocycles. The van der Waals surface area contributed by atoms with Gasteiger partial charge in [0.05, 0.1) is 12.3 Å². The van der Waals surface area contributed by atoms with Gasteiger partial charge in [-0.3, -0.25) is 4.79 Å². The van der Waals surface area contributed by atoms with Crippen LogP contribution >= 0.6 is 27.5 Å². The third kappa shape index (κ3) is 4.90. The Balaban J connectivity index is 1.87. The first kappa shape index (κ1) is 20.3. The molecule has 0 aromatic heterocycles. The monoisotopic (exact) mass is 470 g/mol. The van der Waals surface area contributed by atoms with Gasteiger partial charge in [-0.15, -0.1) is 0 Å². The largest absolute Gasteiger partial charge is 0.309 e. The van der Waals surface area contributed by atoms with Crippen molar-refractivity contribution in [3.8, 4) is 0 Å². The molecule has 1 aliphatic heterocycles. The van der Waals surface area contributed by atoms with Gasteiger partial charge in [0.25, 0.3) is 0 Å². The minimum absolute atomic E-state index is 0.0194. The van der Waals surface area contributed by atoms with Crippen LogP contribution in [-0.2, 0) is 21.2 Å². The number of hydrogen-bond acceptors (Lipinski definition) is 3. The number of amides is 1. The summed E-state index contributed by atoms with van der Waals surface area (Å²) in [4.78, 5) is 14.9. The zero-order chi connectivity index (χ0) is 19.8. The summed E-state index contributed by atoms with van der Waals surface area (Å²) in [5.41, 5.74) is 2.68. The average Bonchev–Trinajstić information content (AvgIpc) is 2.88. The van der Waals surface area contributed by atoms with E-state index in [4.69, 9.17) is 11.6 Å². The zero-order valence-electron chi connectivity index (χ0n) is 14.9. The lowest BCUT2D eigenvalue weighted by Crippen LogP contribution is -2.39. The number of hydrogen-bond donors (Lipinski definition) is 1. The first-order chi connectivity index (χ1) is 12.6. The Morgan fingerprint density at radius 1 is 1.30 bits per heavy atom. The van der Waals surface area contributed by atoms with Gasteiger partial charge in [-0.1, -0.05) is 39.7 Å². The number of nitrogens with zero attached hydrogens (tertiary/aromatic N) is 1. The molecule has 1 amide bonds. The lowest BCUT2D eigenvalue weighted by Gasteiger charge is -2.26. The molecule has 0 saturated heterocycles. The third-order valence-electron chi connectivity index (χ3n) is 4.53.